The number of benzene rings is 1. The van der Waals surface area contributed by atoms with E-state index >= 15 is 0 Å². The van der Waals surface area contributed by atoms with Gasteiger partial charge in [-0.3, -0.25) is 19.4 Å². The van der Waals surface area contributed by atoms with E-state index in [2.05, 4.69) is 4.98 Å². The highest BCUT2D eigenvalue weighted by molar-refractivity contribution is 5.68. The molecule has 31 heavy (non-hydrogen) atoms. The fourth-order valence-electron chi connectivity index (χ4n) is 3.67. The van der Waals surface area contributed by atoms with Gasteiger partial charge >= 0.3 is 17.9 Å². The number of rotatable bonds is 6. The molecule has 0 bridgehead atoms. The van der Waals surface area contributed by atoms with E-state index in [1.54, 1.807) is 6.20 Å². The Morgan fingerprint density at radius 2 is 1.68 bits per heavy atom. The molecule has 0 N–H and O–H groups in total. The van der Waals surface area contributed by atoms with E-state index in [1.807, 2.05) is 42.5 Å². The van der Waals surface area contributed by atoms with Crippen molar-refractivity contribution in [3.8, 4) is 11.3 Å². The predicted octanol–water partition coefficient (Wildman–Crippen LogP) is 3.01. The van der Waals surface area contributed by atoms with Crippen LogP contribution in [0.5, 0.6) is 0 Å². The lowest BCUT2D eigenvalue weighted by atomic mass is 9.90. The number of esters is 3. The molecule has 2 aromatic rings. The van der Waals surface area contributed by atoms with Crippen molar-refractivity contribution in [3.05, 3.63) is 54.2 Å². The number of carbonyl (C=O) groups is 3. The van der Waals surface area contributed by atoms with Crippen molar-refractivity contribution >= 4 is 17.9 Å². The van der Waals surface area contributed by atoms with Crippen LogP contribution in [-0.2, 0) is 33.3 Å². The van der Waals surface area contributed by atoms with E-state index in [4.69, 9.17) is 18.9 Å². The van der Waals surface area contributed by atoms with Crippen molar-refractivity contribution in [2.75, 3.05) is 6.61 Å². The third-order valence-corrected chi connectivity index (χ3v) is 4.84. The van der Waals surface area contributed by atoms with Crippen molar-refractivity contribution in [1.29, 1.82) is 0 Å². The fraction of sp³-hybridized carbons (Fsp3) is 0.391. The van der Waals surface area contributed by atoms with Gasteiger partial charge in [0.25, 0.3) is 0 Å². The summed E-state index contributed by atoms with van der Waals surface area (Å²) in [4.78, 5) is 39.2. The highest BCUT2D eigenvalue weighted by Crippen LogP contribution is 2.38. The van der Waals surface area contributed by atoms with E-state index in [0.29, 0.717) is 0 Å². The Bertz CT molecular complexity index is 931. The molecule has 8 heteroatoms. The highest BCUT2D eigenvalue weighted by atomic mass is 16.6. The first-order chi connectivity index (χ1) is 14.8. The molecule has 1 saturated heterocycles. The Hall–Kier alpha value is -3.26. The number of ether oxygens (including phenoxy) is 4. The second-order valence-electron chi connectivity index (χ2n) is 7.23. The van der Waals surface area contributed by atoms with Gasteiger partial charge in [0.15, 0.2) is 6.10 Å². The zero-order chi connectivity index (χ0) is 22.4. The zero-order valence-electron chi connectivity index (χ0n) is 17.6. The van der Waals surface area contributed by atoms with Crippen LogP contribution < -0.4 is 0 Å². The average molecular weight is 427 g/mol. The number of pyridine rings is 1. The Morgan fingerprint density at radius 3 is 2.32 bits per heavy atom. The summed E-state index contributed by atoms with van der Waals surface area (Å²) in [7, 11) is 0. The van der Waals surface area contributed by atoms with Crippen molar-refractivity contribution in [2.24, 2.45) is 0 Å². The van der Waals surface area contributed by atoms with E-state index in [1.165, 1.54) is 20.8 Å². The standard InChI is InChI=1S/C23H25NO7/c1-14(25)28-13-22-23(30-16(3)27)21(29-15(2)26)12-20(31-22)18-9-5-4-8-17(18)19-10-6-7-11-24-19/h4-11,20-23H,12-13H2,1-3H3/t20-,21-,22-,23+/m1/s1. The number of carbonyl (C=O) groups excluding carboxylic acids is 3. The lowest BCUT2D eigenvalue weighted by molar-refractivity contribution is -0.216. The third kappa shape index (κ3) is 5.88. The second-order valence-corrected chi connectivity index (χ2v) is 7.23. The molecular weight excluding hydrogens is 402 g/mol. The normalized spacial score (nSPS) is 22.9. The van der Waals surface area contributed by atoms with Gasteiger partial charge in [0.1, 0.15) is 18.8 Å². The molecule has 1 aromatic carbocycles. The Balaban J connectivity index is 1.97. The maximum Gasteiger partial charge on any atom is 0.303 e. The molecule has 0 unspecified atom stereocenters. The molecule has 0 amide bonds. The first-order valence-corrected chi connectivity index (χ1v) is 9.98. The monoisotopic (exact) mass is 427 g/mol. The van der Waals surface area contributed by atoms with Crippen LogP contribution in [0.3, 0.4) is 0 Å². The molecule has 0 saturated carbocycles. The number of hydrogen-bond donors (Lipinski definition) is 0. The minimum atomic E-state index is -0.904. The molecule has 8 nitrogen and oxygen atoms in total. The van der Waals surface area contributed by atoms with Crippen LogP contribution in [0.2, 0.25) is 0 Å². The summed E-state index contributed by atoms with van der Waals surface area (Å²) in [6.07, 6.45) is -1.02. The van der Waals surface area contributed by atoms with Gasteiger partial charge in [-0.2, -0.15) is 0 Å². The molecule has 1 fully saturated rings. The van der Waals surface area contributed by atoms with Gasteiger partial charge in [0.05, 0.1) is 11.8 Å². The maximum absolute atomic E-state index is 11.7. The summed E-state index contributed by atoms with van der Waals surface area (Å²) >= 11 is 0. The van der Waals surface area contributed by atoms with Crippen LogP contribution in [0.25, 0.3) is 11.3 Å². The summed E-state index contributed by atoms with van der Waals surface area (Å²) in [5.41, 5.74) is 2.48. The molecule has 0 aliphatic carbocycles. The quantitative estimate of drug-likeness (QED) is 0.512. The molecule has 2 heterocycles. The van der Waals surface area contributed by atoms with Crippen LogP contribution in [0.15, 0.2) is 48.7 Å². The third-order valence-electron chi connectivity index (χ3n) is 4.84. The number of aromatic nitrogens is 1. The summed E-state index contributed by atoms with van der Waals surface area (Å²) in [6, 6.07) is 13.2. The topological polar surface area (TPSA) is 101 Å². The van der Waals surface area contributed by atoms with Crippen molar-refractivity contribution in [1.82, 2.24) is 4.98 Å². The van der Waals surface area contributed by atoms with Crippen molar-refractivity contribution in [2.45, 2.75) is 51.6 Å². The zero-order valence-corrected chi connectivity index (χ0v) is 17.6. The molecule has 0 spiro atoms. The summed E-state index contributed by atoms with van der Waals surface area (Å²) in [6.45, 7) is 3.68. The Labute approximate surface area is 180 Å². The van der Waals surface area contributed by atoms with E-state index < -0.39 is 42.3 Å². The van der Waals surface area contributed by atoms with Crippen LogP contribution in [0, 0.1) is 0 Å². The first-order valence-electron chi connectivity index (χ1n) is 9.98. The summed E-state index contributed by atoms with van der Waals surface area (Å²) in [5, 5.41) is 0. The van der Waals surface area contributed by atoms with Gasteiger partial charge in [-0.05, 0) is 17.7 Å². The van der Waals surface area contributed by atoms with Gasteiger partial charge in [0, 0.05) is 39.0 Å². The van der Waals surface area contributed by atoms with Gasteiger partial charge in [-0.15, -0.1) is 0 Å². The first kappa shape index (κ1) is 22.4. The minimum absolute atomic E-state index is 0.146. The molecular formula is C23H25NO7. The van der Waals surface area contributed by atoms with E-state index in [-0.39, 0.29) is 13.0 Å². The van der Waals surface area contributed by atoms with E-state index in [0.717, 1.165) is 16.8 Å². The van der Waals surface area contributed by atoms with Crippen LogP contribution in [0.1, 0.15) is 38.9 Å². The molecule has 1 aliphatic rings. The van der Waals surface area contributed by atoms with Crippen LogP contribution >= 0.6 is 0 Å². The Kier molecular flexibility index (Phi) is 7.36. The number of nitrogens with zero attached hydrogens (tertiary/aromatic N) is 1. The fourth-order valence-corrected chi connectivity index (χ4v) is 3.67. The van der Waals surface area contributed by atoms with Gasteiger partial charge in [-0.25, -0.2) is 0 Å². The maximum atomic E-state index is 11.7. The minimum Gasteiger partial charge on any atom is -0.463 e. The van der Waals surface area contributed by atoms with Gasteiger partial charge in [-0.1, -0.05) is 30.3 Å². The molecule has 164 valence electrons. The highest BCUT2D eigenvalue weighted by Gasteiger charge is 2.44. The molecule has 0 radical (unpaired) electrons. The summed E-state index contributed by atoms with van der Waals surface area (Å²) in [5.74, 6) is -1.55. The van der Waals surface area contributed by atoms with Crippen molar-refractivity contribution < 1.29 is 33.3 Å². The largest absolute Gasteiger partial charge is 0.463 e. The Morgan fingerprint density at radius 1 is 0.968 bits per heavy atom. The van der Waals surface area contributed by atoms with E-state index in [9.17, 15) is 14.4 Å². The van der Waals surface area contributed by atoms with Crippen LogP contribution in [-0.4, -0.2) is 47.8 Å². The van der Waals surface area contributed by atoms with Gasteiger partial charge < -0.3 is 18.9 Å². The molecule has 1 aliphatic heterocycles. The lowest BCUT2D eigenvalue weighted by Crippen LogP contribution is -2.51. The van der Waals surface area contributed by atoms with Gasteiger partial charge in [0.2, 0.25) is 0 Å². The molecule has 1 aromatic heterocycles. The lowest BCUT2D eigenvalue weighted by Gasteiger charge is -2.40. The SMILES string of the molecule is CC(=O)OC[C@H]1O[C@@H](c2ccccc2-c2ccccn2)C[C@@H](OC(C)=O)[C@@H]1OC(C)=O. The predicted molar refractivity (Wildman–Crippen MR) is 110 cm³/mol. The summed E-state index contributed by atoms with van der Waals surface area (Å²) < 4.78 is 22.3. The molecule has 4 atom stereocenters. The average Bonchev–Trinajstić information content (AvgIpc) is 2.73. The second kappa shape index (κ2) is 10.2. The number of hydrogen-bond acceptors (Lipinski definition) is 8. The van der Waals surface area contributed by atoms with Crippen molar-refractivity contribution in [3.63, 3.8) is 0 Å². The smallest absolute Gasteiger partial charge is 0.303 e. The van der Waals surface area contributed by atoms with Crippen LogP contribution in [0.4, 0.5) is 0 Å². The molecule has 3 rings (SSSR count).